The van der Waals surface area contributed by atoms with E-state index < -0.39 is 0 Å². The summed E-state index contributed by atoms with van der Waals surface area (Å²) in [5.74, 6) is 1.52. The van der Waals surface area contributed by atoms with Crippen LogP contribution in [0.25, 0.3) is 0 Å². The van der Waals surface area contributed by atoms with Crippen molar-refractivity contribution in [2.45, 2.75) is 78.2 Å². The zero-order valence-corrected chi connectivity index (χ0v) is 20.0. The topological polar surface area (TPSA) is 86.5 Å². The van der Waals surface area contributed by atoms with Crippen molar-refractivity contribution in [2.75, 3.05) is 17.2 Å². The molecule has 2 N–H and O–H groups in total. The number of anilines is 2. The van der Waals surface area contributed by atoms with Crippen LogP contribution < -0.4 is 31.2 Å². The van der Waals surface area contributed by atoms with Gasteiger partial charge < -0.3 is 29.2 Å². The van der Waals surface area contributed by atoms with Gasteiger partial charge in [-0.1, -0.05) is 13.8 Å². The molecule has 0 radical (unpaired) electrons. The van der Waals surface area contributed by atoms with Gasteiger partial charge in [-0.2, -0.15) is 0 Å². The highest BCUT2D eigenvalue weighted by Gasteiger charge is 2.32. The molecule has 2 atom stereocenters. The van der Waals surface area contributed by atoms with Gasteiger partial charge in [-0.05, 0) is 40.0 Å². The lowest BCUT2D eigenvalue weighted by atomic mass is 10.00. The maximum absolute atomic E-state index is 13.1. The highest BCUT2D eigenvalue weighted by atomic mass is 16.5. The van der Waals surface area contributed by atoms with E-state index in [2.05, 4.69) is 24.5 Å². The SMILES string of the molecule is Cc1cn(CCC2Nc3c(c(C(C)C)cn(C)c3=O)OC2C)c(=O)c2c1OC(C)(C)CN2. The number of fused-ring (bicyclic) bond motifs is 2. The van der Waals surface area contributed by atoms with Gasteiger partial charge in [0.05, 0.1) is 12.6 Å². The molecule has 0 aliphatic carbocycles. The second kappa shape index (κ2) is 7.90. The monoisotopic (exact) mass is 442 g/mol. The molecule has 2 aliphatic rings. The molecule has 0 amide bonds. The van der Waals surface area contributed by atoms with Gasteiger partial charge in [0, 0.05) is 37.1 Å². The van der Waals surface area contributed by atoms with E-state index in [4.69, 9.17) is 9.47 Å². The first-order valence-corrected chi connectivity index (χ1v) is 11.3. The molecule has 2 aromatic rings. The van der Waals surface area contributed by atoms with Gasteiger partial charge in [-0.25, -0.2) is 0 Å². The van der Waals surface area contributed by atoms with E-state index in [-0.39, 0.29) is 34.8 Å². The van der Waals surface area contributed by atoms with Crippen molar-refractivity contribution in [3.63, 3.8) is 0 Å². The molecule has 2 aromatic heterocycles. The minimum absolute atomic E-state index is 0.0935. The van der Waals surface area contributed by atoms with Gasteiger partial charge in [-0.15, -0.1) is 0 Å². The Morgan fingerprint density at radius 2 is 1.88 bits per heavy atom. The lowest BCUT2D eigenvalue weighted by molar-refractivity contribution is 0.114. The Kier molecular flexibility index (Phi) is 5.51. The molecule has 32 heavy (non-hydrogen) atoms. The third kappa shape index (κ3) is 3.87. The van der Waals surface area contributed by atoms with Crippen LogP contribution in [0.15, 0.2) is 22.0 Å². The molecule has 4 rings (SSSR count). The van der Waals surface area contributed by atoms with Crippen LogP contribution >= 0.6 is 0 Å². The Bertz CT molecular complexity index is 1160. The van der Waals surface area contributed by atoms with Crippen LogP contribution in [0.5, 0.6) is 11.5 Å². The lowest BCUT2D eigenvalue weighted by Crippen LogP contribution is -2.44. The fourth-order valence-corrected chi connectivity index (χ4v) is 4.42. The number of pyridine rings is 2. The highest BCUT2D eigenvalue weighted by Crippen LogP contribution is 2.37. The largest absolute Gasteiger partial charge is 0.486 e. The summed E-state index contributed by atoms with van der Waals surface area (Å²) in [6.45, 7) is 13.2. The Balaban J connectivity index is 1.58. The van der Waals surface area contributed by atoms with E-state index >= 15 is 0 Å². The van der Waals surface area contributed by atoms with Gasteiger partial charge in [0.2, 0.25) is 0 Å². The second-order valence-electron chi connectivity index (χ2n) is 9.95. The van der Waals surface area contributed by atoms with Crippen LogP contribution in [-0.4, -0.2) is 33.4 Å². The molecule has 8 heteroatoms. The molecule has 2 unspecified atom stereocenters. The van der Waals surface area contributed by atoms with Crippen LogP contribution in [0, 0.1) is 6.92 Å². The fraction of sp³-hybridized carbons (Fsp3) is 0.583. The zero-order chi connectivity index (χ0) is 23.4. The molecule has 0 saturated carbocycles. The summed E-state index contributed by atoms with van der Waals surface area (Å²) < 4.78 is 15.6. The lowest BCUT2D eigenvalue weighted by Gasteiger charge is -2.35. The van der Waals surface area contributed by atoms with Crippen molar-refractivity contribution in [3.8, 4) is 11.5 Å². The summed E-state index contributed by atoms with van der Waals surface area (Å²) in [4.78, 5) is 25.8. The summed E-state index contributed by atoms with van der Waals surface area (Å²) in [5, 5.41) is 6.66. The normalized spacial score (nSPS) is 21.0. The highest BCUT2D eigenvalue weighted by molar-refractivity contribution is 5.62. The molecule has 2 aliphatic heterocycles. The van der Waals surface area contributed by atoms with E-state index in [1.165, 1.54) is 0 Å². The van der Waals surface area contributed by atoms with Crippen molar-refractivity contribution in [3.05, 3.63) is 44.2 Å². The fourth-order valence-electron chi connectivity index (χ4n) is 4.42. The van der Waals surface area contributed by atoms with E-state index in [1.54, 1.807) is 16.2 Å². The Morgan fingerprint density at radius 1 is 1.16 bits per heavy atom. The van der Waals surface area contributed by atoms with Crippen molar-refractivity contribution in [1.82, 2.24) is 9.13 Å². The van der Waals surface area contributed by atoms with E-state index in [1.807, 2.05) is 40.1 Å². The summed E-state index contributed by atoms with van der Waals surface area (Å²) in [7, 11) is 1.76. The Morgan fingerprint density at radius 3 is 2.56 bits per heavy atom. The Labute approximate surface area is 188 Å². The Hall–Kier alpha value is -2.90. The molecule has 4 heterocycles. The molecule has 0 fully saturated rings. The molecular formula is C24H34N4O4. The number of aryl methyl sites for hydroxylation is 3. The first-order valence-electron chi connectivity index (χ1n) is 11.3. The number of nitrogens with zero attached hydrogens (tertiary/aromatic N) is 2. The minimum Gasteiger partial charge on any atom is -0.486 e. The summed E-state index contributed by atoms with van der Waals surface area (Å²) in [6.07, 6.45) is 4.21. The molecule has 0 saturated heterocycles. The van der Waals surface area contributed by atoms with Crippen LogP contribution in [0.3, 0.4) is 0 Å². The third-order valence-electron chi connectivity index (χ3n) is 6.34. The molecular weight excluding hydrogens is 408 g/mol. The summed E-state index contributed by atoms with van der Waals surface area (Å²) >= 11 is 0. The number of hydrogen-bond donors (Lipinski definition) is 2. The maximum atomic E-state index is 13.1. The smallest absolute Gasteiger partial charge is 0.277 e. The maximum Gasteiger partial charge on any atom is 0.277 e. The van der Waals surface area contributed by atoms with Crippen LogP contribution in [0.2, 0.25) is 0 Å². The van der Waals surface area contributed by atoms with Crippen molar-refractivity contribution >= 4 is 11.4 Å². The third-order valence-corrected chi connectivity index (χ3v) is 6.34. The quantitative estimate of drug-likeness (QED) is 0.756. The zero-order valence-electron chi connectivity index (χ0n) is 20.0. The van der Waals surface area contributed by atoms with Gasteiger partial charge in [0.15, 0.2) is 11.5 Å². The molecule has 0 bridgehead atoms. The van der Waals surface area contributed by atoms with Crippen LogP contribution in [-0.2, 0) is 13.6 Å². The van der Waals surface area contributed by atoms with Crippen molar-refractivity contribution in [2.24, 2.45) is 7.05 Å². The first-order chi connectivity index (χ1) is 15.0. The van der Waals surface area contributed by atoms with Gasteiger partial charge in [0.25, 0.3) is 11.1 Å². The number of aromatic nitrogens is 2. The second-order valence-corrected chi connectivity index (χ2v) is 9.95. The van der Waals surface area contributed by atoms with Crippen LogP contribution in [0.4, 0.5) is 11.4 Å². The predicted molar refractivity (Wildman–Crippen MR) is 127 cm³/mol. The van der Waals surface area contributed by atoms with Crippen molar-refractivity contribution < 1.29 is 9.47 Å². The standard InChI is InChI=1S/C24H34N4O4/c1-13(2)16-11-27(7)22(29)19-21(16)31-15(4)17(26-19)8-9-28-10-14(3)20-18(23(28)30)25-12-24(5,6)32-20/h10-11,13,15,17,25-26H,8-9,12H2,1-7H3. The average Bonchev–Trinajstić information content (AvgIpc) is 2.71. The number of nitrogens with one attached hydrogen (secondary N) is 2. The van der Waals surface area contributed by atoms with E-state index in [0.717, 1.165) is 11.1 Å². The summed E-state index contributed by atoms with van der Waals surface area (Å²) in [6, 6.07) is -0.0935. The average molecular weight is 443 g/mol. The van der Waals surface area contributed by atoms with E-state index in [9.17, 15) is 9.59 Å². The number of rotatable bonds is 4. The molecule has 0 aromatic carbocycles. The number of hydrogen-bond acceptors (Lipinski definition) is 6. The van der Waals surface area contributed by atoms with Gasteiger partial charge in [0.1, 0.15) is 23.1 Å². The van der Waals surface area contributed by atoms with Gasteiger partial charge >= 0.3 is 0 Å². The van der Waals surface area contributed by atoms with Crippen LogP contribution in [0.1, 0.15) is 58.1 Å². The summed E-state index contributed by atoms with van der Waals surface area (Å²) in [5.41, 5.74) is 2.40. The predicted octanol–water partition coefficient (Wildman–Crippen LogP) is 3.21. The molecule has 8 nitrogen and oxygen atoms in total. The molecule has 174 valence electrons. The first kappa shape index (κ1) is 22.3. The number of ether oxygens (including phenoxy) is 2. The molecule has 0 spiro atoms. The van der Waals surface area contributed by atoms with Crippen molar-refractivity contribution in [1.29, 1.82) is 0 Å². The minimum atomic E-state index is -0.358. The van der Waals surface area contributed by atoms with Gasteiger partial charge in [-0.3, -0.25) is 9.59 Å². The van der Waals surface area contributed by atoms with E-state index in [0.29, 0.717) is 42.4 Å².